The van der Waals surface area contributed by atoms with E-state index >= 15 is 0 Å². The van der Waals surface area contributed by atoms with Crippen LogP contribution >= 0.6 is 0 Å². The van der Waals surface area contributed by atoms with Crippen LogP contribution in [0.5, 0.6) is 11.5 Å². The molecule has 1 aliphatic rings. The lowest BCUT2D eigenvalue weighted by Gasteiger charge is -2.09. The Morgan fingerprint density at radius 1 is 0.935 bits per heavy atom. The van der Waals surface area contributed by atoms with E-state index in [0.29, 0.717) is 18.7 Å². The lowest BCUT2D eigenvalue weighted by Crippen LogP contribution is -2.07. The van der Waals surface area contributed by atoms with Crippen LogP contribution in [0.2, 0.25) is 0 Å². The number of hydrogen-bond donors (Lipinski definition) is 1. The zero-order chi connectivity index (χ0) is 21.2. The van der Waals surface area contributed by atoms with E-state index in [-0.39, 0.29) is 5.91 Å². The Morgan fingerprint density at radius 3 is 2.52 bits per heavy atom. The number of rotatable bonds is 6. The maximum Gasteiger partial charge on any atom is 0.256 e. The van der Waals surface area contributed by atoms with Gasteiger partial charge in [0.05, 0.1) is 13.7 Å². The van der Waals surface area contributed by atoms with Crippen LogP contribution in [0, 0.1) is 0 Å². The van der Waals surface area contributed by atoms with Gasteiger partial charge in [-0.25, -0.2) is 0 Å². The number of ether oxygens (including phenoxy) is 2. The quantitative estimate of drug-likeness (QED) is 0.443. The third-order valence-corrected chi connectivity index (χ3v) is 5.49. The highest BCUT2D eigenvalue weighted by atomic mass is 16.5. The molecule has 0 bridgehead atoms. The number of hydrogen-bond acceptors (Lipinski definition) is 3. The van der Waals surface area contributed by atoms with E-state index in [4.69, 9.17) is 9.47 Å². The highest BCUT2D eigenvalue weighted by molar-refractivity contribution is 6.35. The number of para-hydroxylation sites is 2. The molecule has 5 nitrogen and oxygen atoms in total. The molecule has 31 heavy (non-hydrogen) atoms. The molecule has 4 aromatic rings. The number of benzene rings is 3. The summed E-state index contributed by atoms with van der Waals surface area (Å²) in [6.45, 7) is 1.23. The zero-order valence-corrected chi connectivity index (χ0v) is 17.2. The van der Waals surface area contributed by atoms with Gasteiger partial charge >= 0.3 is 0 Å². The van der Waals surface area contributed by atoms with E-state index in [2.05, 4.69) is 28.2 Å². The van der Waals surface area contributed by atoms with Gasteiger partial charge < -0.3 is 19.4 Å². The number of methoxy groups -OCH3 is 1. The molecular weight excluding hydrogens is 388 g/mol. The van der Waals surface area contributed by atoms with E-state index in [1.807, 2.05) is 66.7 Å². The Morgan fingerprint density at radius 2 is 1.68 bits per heavy atom. The number of carbonyl (C=O) groups excluding carboxylic acids is 1. The minimum Gasteiger partial charge on any atom is -0.497 e. The van der Waals surface area contributed by atoms with Gasteiger partial charge in [-0.15, -0.1) is 0 Å². The molecule has 1 amide bonds. The van der Waals surface area contributed by atoms with E-state index in [9.17, 15) is 4.79 Å². The first-order valence-electron chi connectivity index (χ1n) is 10.2. The van der Waals surface area contributed by atoms with E-state index < -0.39 is 0 Å². The molecule has 1 N–H and O–H groups in total. The van der Waals surface area contributed by atoms with Crippen molar-refractivity contribution in [1.82, 2.24) is 4.57 Å². The number of nitrogens with one attached hydrogen (secondary N) is 1. The summed E-state index contributed by atoms with van der Waals surface area (Å²) in [6.07, 6.45) is 4.06. The second-order valence-electron chi connectivity index (χ2n) is 7.38. The first-order valence-corrected chi connectivity index (χ1v) is 10.2. The van der Waals surface area contributed by atoms with Crippen LogP contribution in [-0.2, 0) is 11.3 Å². The van der Waals surface area contributed by atoms with E-state index in [1.165, 1.54) is 0 Å². The first-order chi connectivity index (χ1) is 15.2. The lowest BCUT2D eigenvalue weighted by atomic mass is 10.0. The largest absolute Gasteiger partial charge is 0.497 e. The van der Waals surface area contributed by atoms with Crippen molar-refractivity contribution in [2.24, 2.45) is 0 Å². The topological polar surface area (TPSA) is 52.5 Å². The Balaban J connectivity index is 1.41. The minimum absolute atomic E-state index is 0.0686. The number of nitrogens with zero attached hydrogens (tertiary/aromatic N) is 1. The SMILES string of the molecule is COc1ccc(OCCn2cc(C=C3C(=O)Nc4ccccc43)c3ccccc32)cc1. The fourth-order valence-electron chi connectivity index (χ4n) is 3.95. The van der Waals surface area contributed by atoms with Crippen molar-refractivity contribution in [3.8, 4) is 11.5 Å². The molecule has 3 aromatic carbocycles. The van der Waals surface area contributed by atoms with Gasteiger partial charge in [0.15, 0.2) is 0 Å². The zero-order valence-electron chi connectivity index (χ0n) is 17.2. The molecule has 0 radical (unpaired) electrons. The summed E-state index contributed by atoms with van der Waals surface area (Å²) >= 11 is 0. The summed E-state index contributed by atoms with van der Waals surface area (Å²) in [5.41, 5.74) is 4.61. The lowest BCUT2D eigenvalue weighted by molar-refractivity contribution is -0.110. The third-order valence-electron chi connectivity index (χ3n) is 5.49. The smallest absolute Gasteiger partial charge is 0.256 e. The summed E-state index contributed by atoms with van der Waals surface area (Å²) in [5.74, 6) is 1.54. The van der Waals surface area contributed by atoms with Crippen molar-refractivity contribution >= 4 is 34.1 Å². The van der Waals surface area contributed by atoms with Crippen LogP contribution in [0.15, 0.2) is 79.0 Å². The van der Waals surface area contributed by atoms with E-state index in [0.717, 1.165) is 39.2 Å². The molecule has 5 rings (SSSR count). The fraction of sp³-hybridized carbons (Fsp3) is 0.115. The summed E-state index contributed by atoms with van der Waals surface area (Å²) < 4.78 is 13.3. The third kappa shape index (κ3) is 3.66. The van der Waals surface area contributed by atoms with Crippen molar-refractivity contribution in [2.45, 2.75) is 6.54 Å². The van der Waals surface area contributed by atoms with Crippen molar-refractivity contribution in [3.05, 3.63) is 90.1 Å². The standard InChI is InChI=1S/C26H22N2O3/c1-30-19-10-12-20(13-11-19)31-15-14-28-17-18(21-6-3-5-9-25(21)28)16-23-22-7-2-4-8-24(22)27-26(23)29/h2-13,16-17H,14-15H2,1H3,(H,27,29). The van der Waals surface area contributed by atoms with Crippen LogP contribution in [-0.4, -0.2) is 24.2 Å². The molecule has 0 fully saturated rings. The molecule has 2 heterocycles. The molecule has 0 unspecified atom stereocenters. The van der Waals surface area contributed by atoms with Crippen molar-refractivity contribution in [3.63, 3.8) is 0 Å². The van der Waals surface area contributed by atoms with Crippen LogP contribution in [0.1, 0.15) is 11.1 Å². The molecule has 0 atom stereocenters. The van der Waals surface area contributed by atoms with Crippen LogP contribution in [0.4, 0.5) is 5.69 Å². The van der Waals surface area contributed by atoms with Gasteiger partial charge in [-0.2, -0.15) is 0 Å². The summed E-state index contributed by atoms with van der Waals surface area (Å²) in [6, 6.07) is 23.6. The van der Waals surface area contributed by atoms with Crippen LogP contribution in [0.3, 0.4) is 0 Å². The van der Waals surface area contributed by atoms with Gasteiger partial charge in [0.25, 0.3) is 5.91 Å². The average Bonchev–Trinajstić information content (AvgIpc) is 3.32. The molecule has 0 spiro atoms. The number of fused-ring (bicyclic) bond motifs is 2. The molecule has 0 saturated heterocycles. The monoisotopic (exact) mass is 410 g/mol. The molecule has 0 saturated carbocycles. The van der Waals surface area contributed by atoms with Gasteiger partial charge in [0, 0.05) is 39.5 Å². The summed E-state index contributed by atoms with van der Waals surface area (Å²) in [5, 5.41) is 4.05. The van der Waals surface area contributed by atoms with Gasteiger partial charge in [0.1, 0.15) is 18.1 Å². The Kier molecular flexibility index (Phi) is 4.92. The van der Waals surface area contributed by atoms with Crippen LogP contribution < -0.4 is 14.8 Å². The van der Waals surface area contributed by atoms with Gasteiger partial charge in [0.2, 0.25) is 0 Å². The molecule has 1 aliphatic heterocycles. The van der Waals surface area contributed by atoms with Gasteiger partial charge in [-0.05, 0) is 42.5 Å². The van der Waals surface area contributed by atoms with Crippen molar-refractivity contribution < 1.29 is 14.3 Å². The van der Waals surface area contributed by atoms with Crippen LogP contribution in [0.25, 0.3) is 22.6 Å². The molecule has 1 aromatic heterocycles. The predicted octanol–water partition coefficient (Wildman–Crippen LogP) is 5.22. The highest BCUT2D eigenvalue weighted by Gasteiger charge is 2.23. The minimum atomic E-state index is -0.0686. The van der Waals surface area contributed by atoms with Gasteiger partial charge in [-0.1, -0.05) is 36.4 Å². The Hall–Kier alpha value is -3.99. The molecule has 154 valence electrons. The maximum absolute atomic E-state index is 12.5. The first kappa shape index (κ1) is 19.0. The second-order valence-corrected chi connectivity index (χ2v) is 7.38. The van der Waals surface area contributed by atoms with Gasteiger partial charge in [-0.3, -0.25) is 4.79 Å². The summed E-state index contributed by atoms with van der Waals surface area (Å²) in [7, 11) is 1.65. The molecule has 5 heteroatoms. The van der Waals surface area contributed by atoms with Crippen molar-refractivity contribution in [1.29, 1.82) is 0 Å². The second kappa shape index (κ2) is 8.03. The Labute approximate surface area is 180 Å². The average molecular weight is 410 g/mol. The summed E-state index contributed by atoms with van der Waals surface area (Å²) in [4.78, 5) is 12.5. The number of amides is 1. The number of carbonyl (C=O) groups is 1. The number of aromatic nitrogens is 1. The fourth-order valence-corrected chi connectivity index (χ4v) is 3.95. The molecule has 0 aliphatic carbocycles. The Bertz CT molecular complexity index is 1290. The number of anilines is 1. The predicted molar refractivity (Wildman–Crippen MR) is 123 cm³/mol. The molecular formula is C26H22N2O3. The van der Waals surface area contributed by atoms with Crippen molar-refractivity contribution in [2.75, 3.05) is 19.0 Å². The highest BCUT2D eigenvalue weighted by Crippen LogP contribution is 2.34. The van der Waals surface area contributed by atoms with E-state index in [1.54, 1.807) is 7.11 Å². The normalized spacial score (nSPS) is 14.0. The maximum atomic E-state index is 12.5.